The van der Waals surface area contributed by atoms with Gasteiger partial charge in [-0.1, -0.05) is 19.9 Å². The van der Waals surface area contributed by atoms with Crippen molar-refractivity contribution in [2.24, 2.45) is 4.99 Å². The van der Waals surface area contributed by atoms with Crippen molar-refractivity contribution in [2.45, 2.75) is 52.1 Å². The zero-order chi connectivity index (χ0) is 19.2. The molecule has 2 N–H and O–H groups in total. The minimum atomic E-state index is 0.431. The predicted octanol–water partition coefficient (Wildman–Crippen LogP) is 3.30. The third-order valence-corrected chi connectivity index (χ3v) is 5.85. The summed E-state index contributed by atoms with van der Waals surface area (Å²) in [5, 5.41) is 8.09. The summed E-state index contributed by atoms with van der Waals surface area (Å²) in [6.45, 7) is 9.27. The molecule has 2 aromatic rings. The van der Waals surface area contributed by atoms with Gasteiger partial charge >= 0.3 is 0 Å². The van der Waals surface area contributed by atoms with Crippen LogP contribution in [0.25, 0.3) is 0 Å². The number of hydrogen-bond donors (Lipinski definition) is 2. The van der Waals surface area contributed by atoms with Gasteiger partial charge in [0.2, 0.25) is 0 Å². The lowest BCUT2D eigenvalue weighted by Gasteiger charge is -2.33. The molecule has 2 aromatic heterocycles. The van der Waals surface area contributed by atoms with Crippen LogP contribution in [0.2, 0.25) is 0 Å². The number of hydrogen-bond acceptors (Lipinski definition) is 5. The van der Waals surface area contributed by atoms with Crippen LogP contribution < -0.4 is 15.5 Å². The summed E-state index contributed by atoms with van der Waals surface area (Å²) in [4.78, 5) is 17.3. The van der Waals surface area contributed by atoms with Gasteiger partial charge in [-0.05, 0) is 37.8 Å². The van der Waals surface area contributed by atoms with E-state index in [2.05, 4.69) is 52.3 Å². The van der Waals surface area contributed by atoms with Crippen molar-refractivity contribution in [3.63, 3.8) is 0 Å². The lowest BCUT2D eigenvalue weighted by Crippen LogP contribution is -2.48. The van der Waals surface area contributed by atoms with Gasteiger partial charge in [0.15, 0.2) is 5.96 Å². The Balaban J connectivity index is 1.48. The lowest BCUT2D eigenvalue weighted by atomic mass is 10.1. The minimum Gasteiger partial charge on any atom is -0.356 e. The molecular formula is C20H30N6S. The fourth-order valence-electron chi connectivity index (χ4n) is 3.42. The van der Waals surface area contributed by atoms with Gasteiger partial charge in [0.25, 0.3) is 0 Å². The highest BCUT2D eigenvalue weighted by molar-refractivity contribution is 7.11. The van der Waals surface area contributed by atoms with Crippen LogP contribution in [-0.2, 0) is 6.54 Å². The summed E-state index contributed by atoms with van der Waals surface area (Å²) in [5.74, 6) is 2.39. The second kappa shape index (κ2) is 9.17. The SMILES string of the molecule is CN=C(NCc1nc(C(C)C)c(C)s1)NC1CCN(c2ccccn2)CC1. The molecule has 1 fully saturated rings. The van der Waals surface area contributed by atoms with E-state index in [0.717, 1.165) is 42.7 Å². The van der Waals surface area contributed by atoms with E-state index in [9.17, 15) is 0 Å². The van der Waals surface area contributed by atoms with E-state index >= 15 is 0 Å². The van der Waals surface area contributed by atoms with Gasteiger partial charge in [0.05, 0.1) is 12.2 Å². The first-order valence-corrected chi connectivity index (χ1v) is 10.5. The average Bonchev–Trinajstić information content (AvgIpc) is 3.07. The Morgan fingerprint density at radius 3 is 2.70 bits per heavy atom. The number of guanidine groups is 1. The number of piperidine rings is 1. The smallest absolute Gasteiger partial charge is 0.191 e. The monoisotopic (exact) mass is 386 g/mol. The molecule has 0 radical (unpaired) electrons. The van der Waals surface area contributed by atoms with Crippen molar-refractivity contribution in [2.75, 3.05) is 25.0 Å². The quantitative estimate of drug-likeness (QED) is 0.610. The highest BCUT2D eigenvalue weighted by atomic mass is 32.1. The standard InChI is InChI=1S/C20H30N6S/c1-14(2)19-15(3)27-18(25-19)13-23-20(21-4)24-16-8-11-26(12-9-16)17-7-5-6-10-22-17/h5-7,10,14,16H,8-9,11-13H2,1-4H3,(H2,21,23,24). The molecule has 27 heavy (non-hydrogen) atoms. The number of nitrogens with zero attached hydrogens (tertiary/aromatic N) is 4. The number of anilines is 1. The second-order valence-corrected chi connectivity index (χ2v) is 8.51. The molecule has 1 aliphatic heterocycles. The topological polar surface area (TPSA) is 65.4 Å². The first-order chi connectivity index (χ1) is 13.1. The van der Waals surface area contributed by atoms with Crippen LogP contribution >= 0.6 is 11.3 Å². The van der Waals surface area contributed by atoms with Crippen LogP contribution in [0.5, 0.6) is 0 Å². The second-order valence-electron chi connectivity index (χ2n) is 7.22. The van der Waals surface area contributed by atoms with Crippen LogP contribution in [-0.4, -0.2) is 42.1 Å². The maximum Gasteiger partial charge on any atom is 0.191 e. The van der Waals surface area contributed by atoms with E-state index in [4.69, 9.17) is 4.98 Å². The molecule has 0 atom stereocenters. The van der Waals surface area contributed by atoms with Gasteiger partial charge in [0, 0.05) is 37.3 Å². The number of aryl methyl sites for hydroxylation is 1. The summed E-state index contributed by atoms with van der Waals surface area (Å²) < 4.78 is 0. The molecule has 0 spiro atoms. The number of aromatic nitrogens is 2. The number of rotatable bonds is 5. The van der Waals surface area contributed by atoms with Crippen molar-refractivity contribution in [3.05, 3.63) is 40.0 Å². The highest BCUT2D eigenvalue weighted by Gasteiger charge is 2.21. The van der Waals surface area contributed by atoms with Crippen LogP contribution in [0.3, 0.4) is 0 Å². The van der Waals surface area contributed by atoms with Crippen molar-refractivity contribution >= 4 is 23.1 Å². The predicted molar refractivity (Wildman–Crippen MR) is 114 cm³/mol. The Kier molecular flexibility index (Phi) is 6.66. The summed E-state index contributed by atoms with van der Waals surface area (Å²) in [6, 6.07) is 6.51. The third kappa shape index (κ3) is 5.19. The third-order valence-electron chi connectivity index (χ3n) is 4.86. The fraction of sp³-hybridized carbons (Fsp3) is 0.550. The normalized spacial score (nSPS) is 16.0. The van der Waals surface area contributed by atoms with Gasteiger partial charge in [-0.15, -0.1) is 11.3 Å². The largest absolute Gasteiger partial charge is 0.356 e. The Hall–Kier alpha value is -2.15. The van der Waals surface area contributed by atoms with Crippen molar-refractivity contribution < 1.29 is 0 Å². The first-order valence-electron chi connectivity index (χ1n) is 9.66. The molecule has 3 heterocycles. The molecule has 3 rings (SSSR count). The first kappa shape index (κ1) is 19.6. The maximum atomic E-state index is 4.77. The van der Waals surface area contributed by atoms with Gasteiger partial charge in [-0.2, -0.15) is 0 Å². The molecule has 0 aliphatic carbocycles. The average molecular weight is 387 g/mol. The van der Waals surface area contributed by atoms with E-state index < -0.39 is 0 Å². The Bertz CT molecular complexity index is 747. The summed E-state index contributed by atoms with van der Waals surface area (Å²) in [7, 11) is 1.82. The number of pyridine rings is 1. The lowest BCUT2D eigenvalue weighted by molar-refractivity contribution is 0.459. The van der Waals surface area contributed by atoms with E-state index in [1.165, 1.54) is 10.6 Å². The number of thiazole rings is 1. The number of nitrogens with one attached hydrogen (secondary N) is 2. The molecule has 146 valence electrons. The number of aliphatic imine (C=N–C) groups is 1. The zero-order valence-corrected chi connectivity index (χ0v) is 17.5. The van der Waals surface area contributed by atoms with Crippen LogP contribution in [0.4, 0.5) is 5.82 Å². The molecule has 0 saturated carbocycles. The Labute approximate surface area is 166 Å². The molecule has 7 heteroatoms. The Morgan fingerprint density at radius 2 is 2.11 bits per heavy atom. The van der Waals surface area contributed by atoms with Crippen LogP contribution in [0.1, 0.15) is 48.2 Å². The van der Waals surface area contributed by atoms with Gasteiger partial charge in [-0.25, -0.2) is 9.97 Å². The van der Waals surface area contributed by atoms with Crippen LogP contribution in [0, 0.1) is 6.92 Å². The van der Waals surface area contributed by atoms with Crippen molar-refractivity contribution in [1.29, 1.82) is 0 Å². The zero-order valence-electron chi connectivity index (χ0n) is 16.7. The van der Waals surface area contributed by atoms with E-state index in [-0.39, 0.29) is 0 Å². The van der Waals surface area contributed by atoms with E-state index in [1.54, 1.807) is 11.3 Å². The molecule has 0 aromatic carbocycles. The van der Waals surface area contributed by atoms with E-state index in [1.807, 2.05) is 25.4 Å². The van der Waals surface area contributed by atoms with Gasteiger partial charge in [0.1, 0.15) is 10.8 Å². The molecule has 0 amide bonds. The molecule has 1 saturated heterocycles. The molecule has 0 bridgehead atoms. The molecule has 1 aliphatic rings. The van der Waals surface area contributed by atoms with E-state index in [0.29, 0.717) is 18.5 Å². The summed E-state index contributed by atoms with van der Waals surface area (Å²) in [5.41, 5.74) is 1.21. The summed E-state index contributed by atoms with van der Waals surface area (Å²) in [6.07, 6.45) is 4.01. The van der Waals surface area contributed by atoms with Crippen molar-refractivity contribution in [3.8, 4) is 0 Å². The van der Waals surface area contributed by atoms with Gasteiger partial charge in [-0.3, -0.25) is 4.99 Å². The fourth-order valence-corrected chi connectivity index (χ4v) is 4.44. The summed E-state index contributed by atoms with van der Waals surface area (Å²) >= 11 is 1.77. The minimum absolute atomic E-state index is 0.431. The highest BCUT2D eigenvalue weighted by Crippen LogP contribution is 2.24. The van der Waals surface area contributed by atoms with Crippen molar-refractivity contribution in [1.82, 2.24) is 20.6 Å². The molecule has 0 unspecified atom stereocenters. The Morgan fingerprint density at radius 1 is 1.33 bits per heavy atom. The van der Waals surface area contributed by atoms with Crippen LogP contribution in [0.15, 0.2) is 29.4 Å². The molecular weight excluding hydrogens is 356 g/mol. The molecule has 6 nitrogen and oxygen atoms in total. The maximum absolute atomic E-state index is 4.77. The van der Waals surface area contributed by atoms with Gasteiger partial charge < -0.3 is 15.5 Å².